The number of esters is 1. The number of halogens is 1. The van der Waals surface area contributed by atoms with Crippen molar-refractivity contribution in [1.29, 1.82) is 0 Å². The van der Waals surface area contributed by atoms with E-state index in [1.807, 2.05) is 72.6 Å². The van der Waals surface area contributed by atoms with Crippen molar-refractivity contribution < 1.29 is 28.3 Å². The van der Waals surface area contributed by atoms with Crippen molar-refractivity contribution in [1.82, 2.24) is 0 Å². The van der Waals surface area contributed by atoms with Gasteiger partial charge in [0, 0.05) is 11.1 Å². The maximum absolute atomic E-state index is 14.0. The SMILES string of the molecule is C[Si](C)(C)O[C@]1(COCc2ccccc2)C(=O)c2ccccc2C(=O)[C@@]12C=C(I)C(=O)O2. The second-order valence-corrected chi connectivity index (χ2v) is 14.4. The van der Waals surface area contributed by atoms with Crippen LogP contribution < -0.4 is 0 Å². The largest absolute Gasteiger partial charge is 0.439 e. The molecule has 1 spiro atoms. The fraction of sp³-hybridized carbons (Fsp3) is 0.292. The summed E-state index contributed by atoms with van der Waals surface area (Å²) in [7, 11) is -2.45. The minimum atomic E-state index is -2.45. The van der Waals surface area contributed by atoms with E-state index in [0.29, 0.717) is 0 Å². The first-order valence-corrected chi connectivity index (χ1v) is 14.7. The third kappa shape index (κ3) is 3.79. The van der Waals surface area contributed by atoms with E-state index in [0.717, 1.165) is 5.56 Å². The summed E-state index contributed by atoms with van der Waals surface area (Å²) in [6.07, 6.45) is 1.43. The quantitative estimate of drug-likeness (QED) is 0.294. The molecule has 0 aromatic heterocycles. The van der Waals surface area contributed by atoms with Crippen molar-refractivity contribution in [3.05, 3.63) is 80.9 Å². The van der Waals surface area contributed by atoms with E-state index in [4.69, 9.17) is 13.9 Å². The summed E-state index contributed by atoms with van der Waals surface area (Å²) in [5.74, 6) is -1.55. The molecule has 1 heterocycles. The lowest BCUT2D eigenvalue weighted by atomic mass is 9.67. The van der Waals surface area contributed by atoms with Crippen molar-refractivity contribution in [2.75, 3.05) is 6.61 Å². The molecule has 1 aliphatic carbocycles. The lowest BCUT2D eigenvalue weighted by Crippen LogP contribution is -2.71. The fourth-order valence-electron chi connectivity index (χ4n) is 4.16. The van der Waals surface area contributed by atoms with Crippen LogP contribution in [0, 0.1) is 0 Å². The van der Waals surface area contributed by atoms with Crippen LogP contribution in [-0.4, -0.2) is 43.7 Å². The van der Waals surface area contributed by atoms with Gasteiger partial charge in [0.2, 0.25) is 17.2 Å². The molecular weight excluding hydrogens is 539 g/mol. The van der Waals surface area contributed by atoms with Crippen molar-refractivity contribution in [2.24, 2.45) is 0 Å². The number of rotatable bonds is 6. The van der Waals surface area contributed by atoms with Crippen molar-refractivity contribution in [3.8, 4) is 0 Å². The minimum Gasteiger partial charge on any atom is -0.439 e. The van der Waals surface area contributed by atoms with Crippen LogP contribution in [0.2, 0.25) is 19.6 Å². The van der Waals surface area contributed by atoms with Gasteiger partial charge in [-0.15, -0.1) is 0 Å². The molecule has 1 aliphatic heterocycles. The molecular formula is C24H23IO6Si. The molecule has 0 saturated heterocycles. The predicted octanol–water partition coefficient (Wildman–Crippen LogP) is 4.49. The van der Waals surface area contributed by atoms with Crippen LogP contribution in [0.3, 0.4) is 0 Å². The molecule has 0 unspecified atom stereocenters. The highest BCUT2D eigenvalue weighted by molar-refractivity contribution is 14.1. The Balaban J connectivity index is 1.86. The number of carbonyl (C=O) groups excluding carboxylic acids is 3. The summed E-state index contributed by atoms with van der Waals surface area (Å²) in [6, 6.07) is 16.1. The van der Waals surface area contributed by atoms with Gasteiger partial charge in [0.05, 0.1) is 16.8 Å². The maximum atomic E-state index is 14.0. The molecule has 0 N–H and O–H groups in total. The Bertz CT molecular complexity index is 1120. The molecule has 32 heavy (non-hydrogen) atoms. The van der Waals surface area contributed by atoms with Gasteiger partial charge >= 0.3 is 5.97 Å². The van der Waals surface area contributed by atoms with Gasteiger partial charge in [0.15, 0.2) is 13.9 Å². The third-order valence-corrected chi connectivity index (χ3v) is 7.11. The number of benzene rings is 2. The Kier molecular flexibility index (Phi) is 5.99. The summed E-state index contributed by atoms with van der Waals surface area (Å²) in [4.78, 5) is 40.3. The highest BCUT2D eigenvalue weighted by Gasteiger charge is 2.70. The van der Waals surface area contributed by atoms with Crippen molar-refractivity contribution >= 4 is 48.4 Å². The Hall–Kier alpha value is -2.14. The molecule has 0 saturated carbocycles. The first-order chi connectivity index (χ1) is 15.1. The standard InChI is InChI=1S/C24H23IO6Si/c1-32(2,3)31-24(15-29-14-16-9-5-4-6-10-16)21(27)18-12-8-7-11-17(18)20(26)23(24)13-19(25)22(28)30-23/h4-13H,14-15H2,1-3H3/t23-,24+/m0/s1. The lowest BCUT2D eigenvalue weighted by molar-refractivity contribution is -0.161. The van der Waals surface area contributed by atoms with E-state index >= 15 is 0 Å². The number of hydrogen-bond donors (Lipinski definition) is 0. The summed E-state index contributed by atoms with van der Waals surface area (Å²) in [5, 5.41) is 0. The van der Waals surface area contributed by atoms with Crippen LogP contribution >= 0.6 is 22.6 Å². The number of ketones is 2. The van der Waals surface area contributed by atoms with E-state index in [1.54, 1.807) is 24.3 Å². The number of hydrogen-bond acceptors (Lipinski definition) is 6. The maximum Gasteiger partial charge on any atom is 0.345 e. The van der Waals surface area contributed by atoms with Gasteiger partial charge in [-0.05, 0) is 53.9 Å². The van der Waals surface area contributed by atoms with Crippen LogP contribution in [-0.2, 0) is 25.3 Å². The van der Waals surface area contributed by atoms with Gasteiger partial charge in [-0.25, -0.2) is 4.79 Å². The Morgan fingerprint density at radius 3 is 2.06 bits per heavy atom. The molecule has 0 fully saturated rings. The Morgan fingerprint density at radius 1 is 0.906 bits per heavy atom. The zero-order valence-electron chi connectivity index (χ0n) is 18.0. The molecule has 2 atom stereocenters. The molecule has 0 radical (unpaired) electrons. The van der Waals surface area contributed by atoms with Gasteiger partial charge in [0.1, 0.15) is 0 Å². The fourth-order valence-corrected chi connectivity index (χ4v) is 6.05. The molecule has 0 bridgehead atoms. The molecule has 0 amide bonds. The topological polar surface area (TPSA) is 78.9 Å². The van der Waals surface area contributed by atoms with E-state index in [9.17, 15) is 14.4 Å². The molecule has 4 rings (SSSR count). The van der Waals surface area contributed by atoms with Crippen LogP contribution in [0.5, 0.6) is 0 Å². The van der Waals surface area contributed by atoms with Gasteiger partial charge in [0.25, 0.3) is 0 Å². The zero-order chi connectivity index (χ0) is 23.1. The number of ether oxygens (including phenoxy) is 2. The van der Waals surface area contributed by atoms with E-state index in [-0.39, 0.29) is 27.9 Å². The summed E-state index contributed by atoms with van der Waals surface area (Å²) >= 11 is 1.83. The highest BCUT2D eigenvalue weighted by Crippen LogP contribution is 2.48. The van der Waals surface area contributed by atoms with Gasteiger partial charge in [-0.3, -0.25) is 9.59 Å². The Labute approximate surface area is 201 Å². The van der Waals surface area contributed by atoms with Gasteiger partial charge < -0.3 is 13.9 Å². The second-order valence-electron chi connectivity index (χ2n) is 8.84. The molecule has 8 heteroatoms. The van der Waals surface area contributed by atoms with Crippen molar-refractivity contribution in [3.63, 3.8) is 0 Å². The minimum absolute atomic E-state index is 0.213. The van der Waals surface area contributed by atoms with Crippen LogP contribution in [0.1, 0.15) is 26.3 Å². The average Bonchev–Trinajstić information content (AvgIpc) is 3.06. The number of Topliss-reactive ketones (excluding diaryl/α,β-unsaturated/α-hetero) is 2. The predicted molar refractivity (Wildman–Crippen MR) is 129 cm³/mol. The first kappa shape index (κ1) is 23.0. The van der Waals surface area contributed by atoms with Crippen LogP contribution in [0.4, 0.5) is 0 Å². The van der Waals surface area contributed by atoms with Crippen molar-refractivity contribution in [2.45, 2.75) is 37.5 Å². The zero-order valence-corrected chi connectivity index (χ0v) is 21.2. The molecule has 2 aromatic rings. The van der Waals surface area contributed by atoms with Gasteiger partial charge in [-0.2, -0.15) is 0 Å². The second kappa shape index (κ2) is 8.33. The molecule has 2 aliphatic rings. The Morgan fingerprint density at radius 2 is 1.50 bits per heavy atom. The lowest BCUT2D eigenvalue weighted by Gasteiger charge is -2.49. The summed E-state index contributed by atoms with van der Waals surface area (Å²) in [6.45, 7) is 5.74. The highest BCUT2D eigenvalue weighted by atomic mass is 127. The smallest absolute Gasteiger partial charge is 0.345 e. The monoisotopic (exact) mass is 562 g/mol. The normalized spacial score (nSPS) is 25.0. The number of fused-ring (bicyclic) bond motifs is 1. The van der Waals surface area contributed by atoms with E-state index in [2.05, 4.69) is 0 Å². The van der Waals surface area contributed by atoms with E-state index < -0.39 is 37.1 Å². The number of carbonyl (C=O) groups is 3. The summed E-state index contributed by atoms with van der Waals surface area (Å²) < 4.78 is 18.4. The summed E-state index contributed by atoms with van der Waals surface area (Å²) in [5.41, 5.74) is -2.36. The van der Waals surface area contributed by atoms with E-state index in [1.165, 1.54) is 6.08 Å². The molecule has 6 nitrogen and oxygen atoms in total. The van der Waals surface area contributed by atoms with Crippen LogP contribution in [0.25, 0.3) is 0 Å². The van der Waals surface area contributed by atoms with Gasteiger partial charge in [-0.1, -0.05) is 54.6 Å². The first-order valence-electron chi connectivity index (χ1n) is 10.2. The molecule has 2 aromatic carbocycles. The molecule has 166 valence electrons. The third-order valence-electron chi connectivity index (χ3n) is 5.40. The van der Waals surface area contributed by atoms with Crippen LogP contribution in [0.15, 0.2) is 64.3 Å². The average molecular weight is 562 g/mol.